The third-order valence-electron chi connectivity index (χ3n) is 4.75. The number of aromatic nitrogens is 1. The zero-order valence-corrected chi connectivity index (χ0v) is 19.0. The summed E-state index contributed by atoms with van der Waals surface area (Å²) < 4.78 is 11.0. The van der Waals surface area contributed by atoms with Crippen LogP contribution in [0.2, 0.25) is 0 Å². The van der Waals surface area contributed by atoms with Gasteiger partial charge in [-0.1, -0.05) is 36.4 Å². The molecule has 1 aliphatic rings. The zero-order chi connectivity index (χ0) is 22.8. The number of fused-ring (bicyclic) bond motifs is 1. The van der Waals surface area contributed by atoms with Gasteiger partial charge < -0.3 is 9.15 Å². The summed E-state index contributed by atoms with van der Waals surface area (Å²) in [5.41, 5.74) is 2.45. The van der Waals surface area contributed by atoms with E-state index in [0.29, 0.717) is 27.1 Å². The Morgan fingerprint density at radius 2 is 1.97 bits per heavy atom. The number of para-hydroxylation sites is 2. The maximum absolute atomic E-state index is 12.4. The molecule has 0 fully saturated rings. The highest BCUT2D eigenvalue weighted by Crippen LogP contribution is 2.41. The Balaban J connectivity index is 1.56. The Labute approximate surface area is 197 Å². The Bertz CT molecular complexity index is 1410. The average Bonchev–Trinajstić information content (AvgIpc) is 3.59. The number of thioether (sulfide) groups is 1. The summed E-state index contributed by atoms with van der Waals surface area (Å²) in [7, 11) is 0. The topological polar surface area (TPSA) is 91.7 Å². The number of anilines is 1. The van der Waals surface area contributed by atoms with Gasteiger partial charge in [0, 0.05) is 10.8 Å². The van der Waals surface area contributed by atoms with Crippen LogP contribution in [0.1, 0.15) is 11.9 Å². The van der Waals surface area contributed by atoms with Crippen molar-refractivity contribution in [1.29, 1.82) is 5.26 Å². The van der Waals surface area contributed by atoms with Crippen LogP contribution in [-0.2, 0) is 9.53 Å². The molecule has 0 N–H and O–H groups in total. The van der Waals surface area contributed by atoms with Gasteiger partial charge in [-0.15, -0.1) is 11.3 Å². The zero-order valence-electron chi connectivity index (χ0n) is 17.4. The van der Waals surface area contributed by atoms with Gasteiger partial charge in [0.15, 0.2) is 5.76 Å². The highest BCUT2D eigenvalue weighted by Gasteiger charge is 2.32. The molecule has 9 heteroatoms. The smallest absolute Gasteiger partial charge is 0.365 e. The summed E-state index contributed by atoms with van der Waals surface area (Å²) in [6.07, 6.45) is 0. The van der Waals surface area contributed by atoms with Gasteiger partial charge in [-0.2, -0.15) is 10.4 Å². The van der Waals surface area contributed by atoms with Gasteiger partial charge in [-0.25, -0.2) is 14.8 Å². The van der Waals surface area contributed by atoms with Gasteiger partial charge >= 0.3 is 5.97 Å². The Morgan fingerprint density at radius 3 is 2.73 bits per heavy atom. The fraction of sp³-hybridized carbons (Fsp3) is 0.0833. The van der Waals surface area contributed by atoms with Crippen LogP contribution in [0.15, 0.2) is 80.6 Å². The second-order valence-electron chi connectivity index (χ2n) is 6.85. The number of furan rings is 1. The molecule has 0 bridgehead atoms. The molecule has 3 heterocycles. The minimum atomic E-state index is -0.530. The van der Waals surface area contributed by atoms with Crippen LogP contribution in [0.3, 0.4) is 0 Å². The molecule has 0 radical (unpaired) electrons. The fourth-order valence-electron chi connectivity index (χ4n) is 3.26. The Morgan fingerprint density at radius 1 is 1.18 bits per heavy atom. The van der Waals surface area contributed by atoms with Crippen molar-refractivity contribution in [3.8, 4) is 17.5 Å². The second-order valence-corrected chi connectivity index (χ2v) is 8.69. The number of ether oxygens (including phenoxy) is 1. The van der Waals surface area contributed by atoms with Crippen molar-refractivity contribution in [3.63, 3.8) is 0 Å². The maximum Gasteiger partial charge on any atom is 0.365 e. The molecule has 0 amide bonds. The standard InChI is InChI=1S/C24H16N4O3S2/c1-2-30-24(29)22-27-28(16-9-4-3-5-10-16)23(33-22)17(13-25)21-26-18(14-32-21)20-12-15-8-6-7-11-19(15)31-20/h3-12,14H,2H2,1H3/b23-17+. The van der Waals surface area contributed by atoms with E-state index in [1.165, 1.54) is 11.3 Å². The van der Waals surface area contributed by atoms with Crippen molar-refractivity contribution in [2.75, 3.05) is 11.6 Å². The fourth-order valence-corrected chi connectivity index (χ4v) is 5.06. The Kier molecular flexibility index (Phi) is 5.69. The quantitative estimate of drug-likeness (QED) is 0.265. The molecule has 0 saturated heterocycles. The molecular formula is C24H16N4O3S2. The number of nitriles is 1. The predicted molar refractivity (Wildman–Crippen MR) is 130 cm³/mol. The number of hydrazone groups is 1. The summed E-state index contributed by atoms with van der Waals surface area (Å²) in [5, 5.41) is 20.1. The number of carbonyl (C=O) groups excluding carboxylic acids is 1. The predicted octanol–water partition coefficient (Wildman–Crippen LogP) is 5.88. The van der Waals surface area contributed by atoms with Gasteiger partial charge in [0.25, 0.3) is 0 Å². The molecule has 2 aromatic heterocycles. The number of hydrogen-bond acceptors (Lipinski definition) is 9. The molecule has 162 valence electrons. The lowest BCUT2D eigenvalue weighted by molar-refractivity contribution is -0.134. The number of benzene rings is 2. The van der Waals surface area contributed by atoms with Crippen LogP contribution in [0.25, 0.3) is 28.0 Å². The largest absolute Gasteiger partial charge is 0.461 e. The Hall–Kier alpha value is -3.87. The molecule has 2 aromatic carbocycles. The van der Waals surface area contributed by atoms with Gasteiger partial charge in [0.2, 0.25) is 5.04 Å². The normalized spacial score (nSPS) is 14.8. The highest BCUT2D eigenvalue weighted by atomic mass is 32.2. The molecule has 0 spiro atoms. The van der Waals surface area contributed by atoms with E-state index < -0.39 is 5.97 Å². The van der Waals surface area contributed by atoms with E-state index in [1.807, 2.05) is 66.0 Å². The molecule has 33 heavy (non-hydrogen) atoms. The van der Waals surface area contributed by atoms with E-state index in [9.17, 15) is 10.1 Å². The first kappa shape index (κ1) is 21.0. The van der Waals surface area contributed by atoms with Crippen molar-refractivity contribution in [3.05, 3.63) is 76.1 Å². The maximum atomic E-state index is 12.4. The monoisotopic (exact) mass is 472 g/mol. The molecule has 7 nitrogen and oxygen atoms in total. The van der Waals surface area contributed by atoms with Crippen LogP contribution in [-0.4, -0.2) is 22.6 Å². The molecule has 0 aliphatic carbocycles. The van der Waals surface area contributed by atoms with Crippen LogP contribution in [0.5, 0.6) is 0 Å². The molecule has 1 aliphatic heterocycles. The number of nitrogens with zero attached hydrogens (tertiary/aromatic N) is 4. The number of thiazole rings is 1. The van der Waals surface area contributed by atoms with Crippen molar-refractivity contribution in [2.24, 2.45) is 5.10 Å². The summed E-state index contributed by atoms with van der Waals surface area (Å²) in [4.78, 5) is 17.0. The van der Waals surface area contributed by atoms with Gasteiger partial charge in [-0.05, 0) is 43.0 Å². The minimum absolute atomic E-state index is 0.164. The summed E-state index contributed by atoms with van der Waals surface area (Å²) in [6.45, 7) is 1.97. The SMILES string of the molecule is CCOC(=O)C1=NN(c2ccccc2)/C(=C(/C#N)c2nc(-c3cc4ccccc4o3)cs2)S1. The van der Waals surface area contributed by atoms with Crippen molar-refractivity contribution in [2.45, 2.75) is 6.92 Å². The lowest BCUT2D eigenvalue weighted by Gasteiger charge is -2.16. The van der Waals surface area contributed by atoms with Gasteiger partial charge in [0.1, 0.15) is 33.0 Å². The highest BCUT2D eigenvalue weighted by molar-refractivity contribution is 8.19. The first-order valence-electron chi connectivity index (χ1n) is 10.1. The lowest BCUT2D eigenvalue weighted by atomic mass is 10.2. The summed E-state index contributed by atoms with van der Waals surface area (Å²) >= 11 is 2.43. The van der Waals surface area contributed by atoms with Crippen molar-refractivity contribution >= 4 is 56.3 Å². The molecule has 0 atom stereocenters. The number of carbonyl (C=O) groups is 1. The molecule has 4 aromatic rings. The number of rotatable bonds is 5. The van der Waals surface area contributed by atoms with E-state index in [2.05, 4.69) is 16.2 Å². The van der Waals surface area contributed by atoms with Crippen LogP contribution in [0, 0.1) is 11.3 Å². The van der Waals surface area contributed by atoms with E-state index in [-0.39, 0.29) is 11.7 Å². The first-order valence-corrected chi connectivity index (χ1v) is 11.8. The second kappa shape index (κ2) is 8.94. The van der Waals surface area contributed by atoms with Crippen molar-refractivity contribution < 1.29 is 13.9 Å². The third-order valence-corrected chi connectivity index (χ3v) is 6.62. The third kappa shape index (κ3) is 4.02. The molecule has 0 saturated carbocycles. The van der Waals surface area contributed by atoms with E-state index >= 15 is 0 Å². The number of esters is 1. The van der Waals surface area contributed by atoms with Crippen LogP contribution in [0.4, 0.5) is 5.69 Å². The minimum Gasteiger partial charge on any atom is -0.461 e. The van der Waals surface area contributed by atoms with E-state index in [0.717, 1.165) is 28.4 Å². The summed E-state index contributed by atoms with van der Waals surface area (Å²) in [5.74, 6) is 0.0984. The number of hydrogen-bond donors (Lipinski definition) is 0. The van der Waals surface area contributed by atoms with E-state index in [4.69, 9.17) is 9.15 Å². The van der Waals surface area contributed by atoms with Gasteiger partial charge in [-0.3, -0.25) is 0 Å². The average molecular weight is 473 g/mol. The molecule has 5 rings (SSSR count). The van der Waals surface area contributed by atoms with Gasteiger partial charge in [0.05, 0.1) is 12.3 Å². The van der Waals surface area contributed by atoms with Crippen LogP contribution < -0.4 is 5.01 Å². The first-order chi connectivity index (χ1) is 16.2. The molecule has 0 unspecified atom stereocenters. The lowest BCUT2D eigenvalue weighted by Crippen LogP contribution is -2.13. The number of allylic oxidation sites excluding steroid dienone is 1. The van der Waals surface area contributed by atoms with E-state index in [1.54, 1.807) is 11.9 Å². The van der Waals surface area contributed by atoms with Crippen molar-refractivity contribution in [1.82, 2.24) is 4.98 Å². The van der Waals surface area contributed by atoms with Crippen LogP contribution >= 0.6 is 23.1 Å². The molecular weight excluding hydrogens is 456 g/mol. The summed E-state index contributed by atoms with van der Waals surface area (Å²) in [6, 6.07) is 21.2.